The van der Waals surface area contributed by atoms with E-state index >= 15 is 0 Å². The van der Waals surface area contributed by atoms with Crippen molar-refractivity contribution in [3.63, 3.8) is 0 Å². The van der Waals surface area contributed by atoms with Gasteiger partial charge >= 0.3 is 5.69 Å². The highest BCUT2D eigenvalue weighted by Crippen LogP contribution is 2.22. The molecule has 0 radical (unpaired) electrons. The number of aromatic nitrogens is 2. The Morgan fingerprint density at radius 1 is 1.69 bits per heavy atom. The van der Waals surface area contributed by atoms with Crippen LogP contribution in [0.1, 0.15) is 4.88 Å². The fraction of sp³-hybridized carbons (Fsp3) is 0.222. The van der Waals surface area contributed by atoms with Crippen LogP contribution in [-0.4, -0.2) is 14.7 Å². The molecule has 0 fully saturated rings. The lowest BCUT2D eigenvalue weighted by Crippen LogP contribution is -2.01. The summed E-state index contributed by atoms with van der Waals surface area (Å²) < 4.78 is 1.43. The third kappa shape index (κ3) is 2.19. The van der Waals surface area contributed by atoms with E-state index < -0.39 is 4.92 Å². The van der Waals surface area contributed by atoms with E-state index in [1.54, 1.807) is 18.4 Å². The number of thiophene rings is 1. The van der Waals surface area contributed by atoms with Gasteiger partial charge in [-0.15, -0.1) is 16.4 Å². The van der Waals surface area contributed by atoms with Gasteiger partial charge in [-0.3, -0.25) is 14.8 Å². The summed E-state index contributed by atoms with van der Waals surface area (Å²) in [5, 5.41) is 19.6. The second-order valence-corrected chi connectivity index (χ2v) is 4.26. The first kappa shape index (κ1) is 10.6. The molecule has 0 aliphatic carbocycles. The predicted octanol–water partition coefficient (Wildman–Crippen LogP) is 2.00. The Hall–Kier alpha value is -1.89. The van der Waals surface area contributed by atoms with Crippen molar-refractivity contribution < 1.29 is 4.92 Å². The monoisotopic (exact) mass is 238 g/mol. The zero-order valence-corrected chi connectivity index (χ0v) is 9.40. The topological polar surface area (TPSA) is 73.0 Å². The highest BCUT2D eigenvalue weighted by Gasteiger charge is 2.17. The van der Waals surface area contributed by atoms with Crippen LogP contribution in [0.4, 0.5) is 11.5 Å². The number of rotatable bonds is 4. The largest absolute Gasteiger partial charge is 0.358 e. The summed E-state index contributed by atoms with van der Waals surface area (Å²) in [4.78, 5) is 11.4. The fourth-order valence-electron chi connectivity index (χ4n) is 1.32. The molecule has 2 heterocycles. The molecule has 6 nitrogen and oxygen atoms in total. The molecule has 2 rings (SSSR count). The maximum absolute atomic E-state index is 10.7. The molecule has 0 aliphatic rings. The van der Waals surface area contributed by atoms with Gasteiger partial charge in [-0.25, -0.2) is 0 Å². The van der Waals surface area contributed by atoms with Gasteiger partial charge in [-0.05, 0) is 11.4 Å². The van der Waals surface area contributed by atoms with Gasteiger partial charge in [0.05, 0.1) is 11.5 Å². The molecule has 1 N–H and O–H groups in total. The number of nitrogens with zero attached hydrogens (tertiary/aromatic N) is 3. The zero-order chi connectivity index (χ0) is 11.5. The second kappa shape index (κ2) is 4.31. The number of nitrogens with one attached hydrogen (secondary N) is 1. The quantitative estimate of drug-likeness (QED) is 0.653. The van der Waals surface area contributed by atoms with Crippen molar-refractivity contribution in [1.82, 2.24) is 9.78 Å². The molecule has 0 saturated carbocycles. The number of nitro groups is 1. The van der Waals surface area contributed by atoms with Crippen LogP contribution in [0, 0.1) is 10.1 Å². The minimum absolute atomic E-state index is 0.000874. The maximum Gasteiger partial charge on any atom is 0.330 e. The molecule has 7 heteroatoms. The second-order valence-electron chi connectivity index (χ2n) is 3.23. The first-order chi connectivity index (χ1) is 7.66. The van der Waals surface area contributed by atoms with Crippen molar-refractivity contribution >= 4 is 22.8 Å². The van der Waals surface area contributed by atoms with Crippen LogP contribution in [-0.2, 0) is 13.6 Å². The van der Waals surface area contributed by atoms with Gasteiger partial charge in [0.2, 0.25) is 5.82 Å². The first-order valence-electron chi connectivity index (χ1n) is 4.61. The summed E-state index contributed by atoms with van der Waals surface area (Å²) in [6.07, 6.45) is 1.39. The Kier molecular flexibility index (Phi) is 2.86. The third-order valence-corrected chi connectivity index (χ3v) is 2.89. The smallest absolute Gasteiger partial charge is 0.330 e. The number of anilines is 1. The Morgan fingerprint density at radius 2 is 2.50 bits per heavy atom. The molecule has 2 aromatic rings. The normalized spacial score (nSPS) is 10.3. The summed E-state index contributed by atoms with van der Waals surface area (Å²) >= 11 is 1.60. The third-order valence-electron chi connectivity index (χ3n) is 2.02. The van der Waals surface area contributed by atoms with Crippen molar-refractivity contribution in [3.8, 4) is 0 Å². The lowest BCUT2D eigenvalue weighted by Gasteiger charge is -1.99. The molecule has 84 valence electrons. The van der Waals surface area contributed by atoms with Crippen molar-refractivity contribution in [2.45, 2.75) is 6.54 Å². The van der Waals surface area contributed by atoms with Crippen LogP contribution in [0.2, 0.25) is 0 Å². The lowest BCUT2D eigenvalue weighted by atomic mass is 10.4. The minimum atomic E-state index is -0.441. The first-order valence-corrected chi connectivity index (χ1v) is 5.49. The summed E-state index contributed by atoms with van der Waals surface area (Å²) in [5.74, 6) is 0.306. The highest BCUT2D eigenvalue weighted by atomic mass is 32.1. The summed E-state index contributed by atoms with van der Waals surface area (Å²) in [7, 11) is 1.66. The molecular weight excluding hydrogens is 228 g/mol. The average molecular weight is 238 g/mol. The maximum atomic E-state index is 10.7. The molecule has 16 heavy (non-hydrogen) atoms. The van der Waals surface area contributed by atoms with Gasteiger partial charge in [0, 0.05) is 11.9 Å². The van der Waals surface area contributed by atoms with Crippen LogP contribution in [0.15, 0.2) is 23.7 Å². The molecule has 0 atom stereocenters. The van der Waals surface area contributed by atoms with E-state index in [4.69, 9.17) is 0 Å². The van der Waals surface area contributed by atoms with Crippen LogP contribution in [0.25, 0.3) is 0 Å². The molecule has 0 amide bonds. The van der Waals surface area contributed by atoms with Gasteiger partial charge in [-0.2, -0.15) is 0 Å². The fourth-order valence-corrected chi connectivity index (χ4v) is 1.96. The molecule has 2 aromatic heterocycles. The highest BCUT2D eigenvalue weighted by molar-refractivity contribution is 7.09. The van der Waals surface area contributed by atoms with E-state index in [-0.39, 0.29) is 5.69 Å². The van der Waals surface area contributed by atoms with Gasteiger partial charge in [0.1, 0.15) is 6.20 Å². The average Bonchev–Trinajstić information content (AvgIpc) is 2.83. The van der Waals surface area contributed by atoms with E-state index in [1.165, 1.54) is 10.9 Å². The molecule has 0 spiro atoms. The van der Waals surface area contributed by atoms with Gasteiger partial charge in [-0.1, -0.05) is 6.07 Å². The number of hydrogen-bond acceptors (Lipinski definition) is 5. The Morgan fingerprint density at radius 3 is 3.12 bits per heavy atom. The van der Waals surface area contributed by atoms with Gasteiger partial charge in [0.15, 0.2) is 0 Å². The number of hydrogen-bond donors (Lipinski definition) is 1. The van der Waals surface area contributed by atoms with E-state index in [1.807, 2.05) is 17.5 Å². The molecular formula is C9H10N4O2S. The van der Waals surface area contributed by atoms with Crippen molar-refractivity contribution in [2.24, 2.45) is 7.05 Å². The van der Waals surface area contributed by atoms with Crippen molar-refractivity contribution in [1.29, 1.82) is 0 Å². The van der Waals surface area contributed by atoms with Gasteiger partial charge in [0.25, 0.3) is 0 Å². The minimum Gasteiger partial charge on any atom is -0.358 e. The zero-order valence-electron chi connectivity index (χ0n) is 8.58. The van der Waals surface area contributed by atoms with Crippen LogP contribution in [0.3, 0.4) is 0 Å². The molecule has 0 saturated heterocycles. The standard InChI is InChI=1S/C9H10N4O2S/c1-12-6-8(13(14)15)9(11-12)10-5-7-3-2-4-16-7/h2-4,6H,5H2,1H3,(H,10,11). The predicted molar refractivity (Wildman–Crippen MR) is 61.5 cm³/mol. The lowest BCUT2D eigenvalue weighted by molar-refractivity contribution is -0.384. The summed E-state index contributed by atoms with van der Waals surface area (Å²) in [6.45, 7) is 0.551. The van der Waals surface area contributed by atoms with E-state index in [2.05, 4.69) is 10.4 Å². The van der Waals surface area contributed by atoms with Crippen LogP contribution in [0.5, 0.6) is 0 Å². The van der Waals surface area contributed by atoms with Crippen molar-refractivity contribution in [3.05, 3.63) is 38.7 Å². The Labute approximate surface area is 95.7 Å². The number of aryl methyl sites for hydroxylation is 1. The molecule has 0 unspecified atom stereocenters. The summed E-state index contributed by atoms with van der Waals surface area (Å²) in [5.41, 5.74) is -0.000874. The van der Waals surface area contributed by atoms with Gasteiger partial charge < -0.3 is 5.32 Å². The SMILES string of the molecule is Cn1cc([N+](=O)[O-])c(NCc2cccs2)n1. The van der Waals surface area contributed by atoms with E-state index in [0.29, 0.717) is 12.4 Å². The summed E-state index contributed by atoms with van der Waals surface area (Å²) in [6, 6.07) is 3.90. The van der Waals surface area contributed by atoms with E-state index in [0.717, 1.165) is 4.88 Å². The molecule has 0 aromatic carbocycles. The van der Waals surface area contributed by atoms with Crippen LogP contribution < -0.4 is 5.32 Å². The molecule has 0 bridgehead atoms. The Balaban J connectivity index is 2.12. The van der Waals surface area contributed by atoms with Crippen molar-refractivity contribution in [2.75, 3.05) is 5.32 Å². The molecule has 0 aliphatic heterocycles. The van der Waals surface area contributed by atoms with E-state index in [9.17, 15) is 10.1 Å². The van der Waals surface area contributed by atoms with Crippen LogP contribution >= 0.6 is 11.3 Å². The Bertz CT molecular complexity index is 492.